The Bertz CT molecular complexity index is 534. The second-order valence-electron chi connectivity index (χ2n) is 7.41. The van der Waals surface area contributed by atoms with Gasteiger partial charge in [0.1, 0.15) is 5.82 Å². The predicted molar refractivity (Wildman–Crippen MR) is 87.2 cm³/mol. The lowest BCUT2D eigenvalue weighted by atomic mass is 9.97. The van der Waals surface area contributed by atoms with Crippen molar-refractivity contribution in [3.05, 3.63) is 18.3 Å². The third-order valence-electron chi connectivity index (χ3n) is 3.77. The van der Waals surface area contributed by atoms with Crippen molar-refractivity contribution in [2.45, 2.75) is 40.2 Å². The van der Waals surface area contributed by atoms with Crippen molar-refractivity contribution in [2.75, 3.05) is 30.3 Å². The molecule has 0 bridgehead atoms. The van der Waals surface area contributed by atoms with Gasteiger partial charge in [0.15, 0.2) is 0 Å². The molecular formula is C16H26N4O2. The van der Waals surface area contributed by atoms with E-state index in [-0.39, 0.29) is 11.5 Å². The van der Waals surface area contributed by atoms with Crippen LogP contribution in [0, 0.1) is 5.41 Å². The Morgan fingerprint density at radius 1 is 1.32 bits per heavy atom. The van der Waals surface area contributed by atoms with Gasteiger partial charge in [-0.2, -0.15) is 0 Å². The Morgan fingerprint density at radius 3 is 2.50 bits per heavy atom. The number of rotatable bonds is 2. The molecule has 0 radical (unpaired) electrons. The van der Waals surface area contributed by atoms with E-state index in [0.717, 1.165) is 18.8 Å². The average molecular weight is 306 g/mol. The maximum atomic E-state index is 12.1. The molecule has 0 atom stereocenters. The largest absolute Gasteiger partial charge is 0.384 e. The van der Waals surface area contributed by atoms with Gasteiger partial charge in [0.2, 0.25) is 0 Å². The van der Waals surface area contributed by atoms with Crippen molar-refractivity contribution < 1.29 is 9.63 Å². The van der Waals surface area contributed by atoms with Gasteiger partial charge in [-0.05, 0) is 46.8 Å². The van der Waals surface area contributed by atoms with Gasteiger partial charge < -0.3 is 15.5 Å². The Morgan fingerprint density at radius 2 is 2.00 bits per heavy atom. The fraction of sp³-hybridized carbons (Fsp3) is 0.625. The fourth-order valence-corrected chi connectivity index (χ4v) is 2.35. The number of aromatic nitrogens is 1. The SMILES string of the molecule is CC(C)(C)C(=O)ON1CCN(c2ccc(N)nc2)CC1(C)C. The minimum absolute atomic E-state index is 0.205. The van der Waals surface area contributed by atoms with E-state index in [1.54, 1.807) is 17.3 Å². The molecule has 0 spiro atoms. The van der Waals surface area contributed by atoms with Crippen LogP contribution in [0.15, 0.2) is 18.3 Å². The van der Waals surface area contributed by atoms with Crippen LogP contribution in [0.1, 0.15) is 34.6 Å². The van der Waals surface area contributed by atoms with Crippen LogP contribution in [0.25, 0.3) is 0 Å². The highest BCUT2D eigenvalue weighted by molar-refractivity contribution is 5.75. The molecule has 22 heavy (non-hydrogen) atoms. The van der Waals surface area contributed by atoms with Gasteiger partial charge >= 0.3 is 5.97 Å². The summed E-state index contributed by atoms with van der Waals surface area (Å²) in [6.07, 6.45) is 1.78. The number of hydrogen-bond donors (Lipinski definition) is 1. The number of anilines is 2. The Kier molecular flexibility index (Phi) is 4.33. The molecule has 2 N–H and O–H groups in total. The topological polar surface area (TPSA) is 71.7 Å². The zero-order valence-corrected chi connectivity index (χ0v) is 14.1. The van der Waals surface area contributed by atoms with Gasteiger partial charge in [-0.1, -0.05) is 0 Å². The van der Waals surface area contributed by atoms with Crippen LogP contribution in [-0.2, 0) is 9.63 Å². The van der Waals surface area contributed by atoms with Crippen LogP contribution in [0.3, 0.4) is 0 Å². The normalized spacial score (nSPS) is 19.0. The van der Waals surface area contributed by atoms with E-state index in [1.165, 1.54) is 0 Å². The van der Waals surface area contributed by atoms with E-state index in [0.29, 0.717) is 12.4 Å². The molecule has 2 heterocycles. The lowest BCUT2D eigenvalue weighted by Gasteiger charge is -2.46. The zero-order valence-electron chi connectivity index (χ0n) is 14.1. The number of carbonyl (C=O) groups excluding carboxylic acids is 1. The monoisotopic (exact) mass is 306 g/mol. The Balaban J connectivity index is 2.06. The summed E-state index contributed by atoms with van der Waals surface area (Å²) in [7, 11) is 0. The van der Waals surface area contributed by atoms with Gasteiger partial charge in [-0.3, -0.25) is 0 Å². The molecule has 122 valence electrons. The number of nitrogens with two attached hydrogens (primary N) is 1. The van der Waals surface area contributed by atoms with Crippen molar-refractivity contribution in [3.63, 3.8) is 0 Å². The maximum Gasteiger partial charge on any atom is 0.330 e. The van der Waals surface area contributed by atoms with Crippen molar-refractivity contribution in [3.8, 4) is 0 Å². The number of carbonyl (C=O) groups is 1. The first-order valence-electron chi connectivity index (χ1n) is 7.56. The van der Waals surface area contributed by atoms with E-state index >= 15 is 0 Å². The molecule has 0 amide bonds. The highest BCUT2D eigenvalue weighted by atomic mass is 16.7. The quantitative estimate of drug-likeness (QED) is 0.902. The summed E-state index contributed by atoms with van der Waals surface area (Å²) in [6.45, 7) is 11.9. The van der Waals surface area contributed by atoms with Crippen molar-refractivity contribution in [1.82, 2.24) is 10.0 Å². The molecule has 1 aromatic rings. The number of piperazine rings is 1. The molecule has 0 aromatic carbocycles. The minimum atomic E-state index is -0.506. The van der Waals surface area contributed by atoms with Gasteiger partial charge in [0, 0.05) is 13.1 Å². The Labute approximate surface area is 132 Å². The number of nitrogens with zero attached hydrogens (tertiary/aromatic N) is 3. The van der Waals surface area contributed by atoms with E-state index in [2.05, 4.69) is 23.7 Å². The summed E-state index contributed by atoms with van der Waals surface area (Å²) in [5.41, 5.74) is 5.88. The first-order valence-corrected chi connectivity index (χ1v) is 7.56. The Hall–Kier alpha value is -1.82. The first-order chi connectivity index (χ1) is 10.1. The summed E-state index contributed by atoms with van der Waals surface area (Å²) in [5, 5.41) is 1.79. The highest BCUT2D eigenvalue weighted by Gasteiger charge is 2.38. The molecular weight excluding hydrogens is 280 g/mol. The third kappa shape index (κ3) is 3.68. The zero-order chi connectivity index (χ0) is 16.5. The van der Waals surface area contributed by atoms with Crippen LogP contribution in [-0.4, -0.2) is 41.2 Å². The first kappa shape index (κ1) is 16.5. The van der Waals surface area contributed by atoms with Gasteiger partial charge in [-0.25, -0.2) is 9.78 Å². The van der Waals surface area contributed by atoms with E-state index in [9.17, 15) is 4.79 Å². The molecule has 1 aliphatic rings. The van der Waals surface area contributed by atoms with Gasteiger partial charge in [0.05, 0.1) is 29.4 Å². The predicted octanol–water partition coefficient (Wildman–Crippen LogP) is 2.07. The molecule has 1 aromatic heterocycles. The molecule has 0 saturated carbocycles. The molecule has 6 heteroatoms. The summed E-state index contributed by atoms with van der Waals surface area (Å²) in [5.74, 6) is 0.309. The standard InChI is InChI=1S/C16H26N4O2/c1-15(2,3)14(21)22-20-9-8-19(11-16(20,4)5)12-6-7-13(17)18-10-12/h6-7,10H,8-9,11H2,1-5H3,(H2,17,18). The number of nitrogen functional groups attached to an aromatic ring is 1. The molecule has 1 fully saturated rings. The van der Waals surface area contributed by atoms with Crippen LogP contribution in [0.5, 0.6) is 0 Å². The summed E-state index contributed by atoms with van der Waals surface area (Å²) < 4.78 is 0. The van der Waals surface area contributed by atoms with Crippen molar-refractivity contribution in [1.29, 1.82) is 0 Å². The molecule has 1 aliphatic heterocycles. The van der Waals surface area contributed by atoms with Crippen LogP contribution >= 0.6 is 0 Å². The second-order valence-corrected chi connectivity index (χ2v) is 7.41. The van der Waals surface area contributed by atoms with Gasteiger partial charge in [-0.15, -0.1) is 5.06 Å². The van der Waals surface area contributed by atoms with Crippen molar-refractivity contribution >= 4 is 17.5 Å². The van der Waals surface area contributed by atoms with Crippen LogP contribution < -0.4 is 10.6 Å². The van der Waals surface area contributed by atoms with E-state index < -0.39 is 5.41 Å². The minimum Gasteiger partial charge on any atom is -0.384 e. The van der Waals surface area contributed by atoms with Gasteiger partial charge in [0.25, 0.3) is 0 Å². The molecule has 2 rings (SSSR count). The third-order valence-corrected chi connectivity index (χ3v) is 3.77. The van der Waals surface area contributed by atoms with E-state index in [4.69, 9.17) is 10.6 Å². The van der Waals surface area contributed by atoms with Crippen LogP contribution in [0.2, 0.25) is 0 Å². The molecule has 0 aliphatic carbocycles. The molecule has 0 unspecified atom stereocenters. The maximum absolute atomic E-state index is 12.1. The van der Waals surface area contributed by atoms with Crippen LogP contribution in [0.4, 0.5) is 11.5 Å². The summed E-state index contributed by atoms with van der Waals surface area (Å²) in [4.78, 5) is 24.1. The number of hydrogen-bond acceptors (Lipinski definition) is 6. The van der Waals surface area contributed by atoms with E-state index in [1.807, 2.05) is 26.8 Å². The second kappa shape index (κ2) is 5.76. The number of pyridine rings is 1. The average Bonchev–Trinajstić information content (AvgIpc) is 2.40. The fourth-order valence-electron chi connectivity index (χ4n) is 2.35. The number of hydroxylamine groups is 2. The smallest absolute Gasteiger partial charge is 0.330 e. The lowest BCUT2D eigenvalue weighted by Crippen LogP contribution is -2.60. The highest BCUT2D eigenvalue weighted by Crippen LogP contribution is 2.27. The van der Waals surface area contributed by atoms with Crippen molar-refractivity contribution in [2.24, 2.45) is 5.41 Å². The molecule has 1 saturated heterocycles. The summed E-state index contributed by atoms with van der Waals surface area (Å²) >= 11 is 0. The lowest BCUT2D eigenvalue weighted by molar-refractivity contribution is -0.227. The summed E-state index contributed by atoms with van der Waals surface area (Å²) in [6, 6.07) is 3.77. The molecule has 6 nitrogen and oxygen atoms in total.